The number of aryl methyl sites for hydroxylation is 1. The van der Waals surface area contributed by atoms with Gasteiger partial charge in [0, 0.05) is 19.0 Å². The largest absolute Gasteiger partial charge is 0.481 e. The van der Waals surface area contributed by atoms with Crippen LogP contribution in [0.1, 0.15) is 24.2 Å². The molecule has 2 rings (SSSR count). The summed E-state index contributed by atoms with van der Waals surface area (Å²) >= 11 is 0. The molecule has 0 saturated heterocycles. The van der Waals surface area contributed by atoms with Crippen LogP contribution in [0.5, 0.6) is 0 Å². The Bertz CT molecular complexity index is 667. The molecule has 2 aromatic rings. The van der Waals surface area contributed by atoms with E-state index in [0.717, 1.165) is 0 Å². The number of aromatic nitrogens is 2. The van der Waals surface area contributed by atoms with Crippen LogP contribution in [0.2, 0.25) is 0 Å². The number of anilines is 1. The van der Waals surface area contributed by atoms with E-state index in [4.69, 9.17) is 0 Å². The van der Waals surface area contributed by atoms with Gasteiger partial charge in [0.05, 0.1) is 5.92 Å². The van der Waals surface area contributed by atoms with Gasteiger partial charge in [-0.3, -0.25) is 9.59 Å². The minimum atomic E-state index is -0.922. The quantitative estimate of drug-likeness (QED) is 0.750. The van der Waals surface area contributed by atoms with Crippen molar-refractivity contribution in [1.29, 1.82) is 0 Å². The molecule has 110 valence electrons. The van der Waals surface area contributed by atoms with Gasteiger partial charge in [0.25, 0.3) is 5.56 Å². The molecular weight excluding hydrogens is 270 g/mol. The number of benzene rings is 1. The first-order valence-corrected chi connectivity index (χ1v) is 6.72. The molecule has 0 spiro atoms. The predicted octanol–water partition coefficient (Wildman–Crippen LogP) is 1.61. The second-order valence-corrected chi connectivity index (χ2v) is 4.61. The Balaban J connectivity index is 2.14. The molecule has 1 atom stereocenters. The molecule has 6 heteroatoms. The summed E-state index contributed by atoms with van der Waals surface area (Å²) in [4.78, 5) is 29.7. The number of hydrogen-bond donors (Lipinski definition) is 3. The first-order valence-electron chi connectivity index (χ1n) is 6.72. The van der Waals surface area contributed by atoms with E-state index in [2.05, 4.69) is 15.3 Å². The highest BCUT2D eigenvalue weighted by Gasteiger charge is 2.19. The lowest BCUT2D eigenvalue weighted by Gasteiger charge is -2.14. The second-order valence-electron chi connectivity index (χ2n) is 4.61. The molecule has 6 nitrogen and oxygen atoms in total. The van der Waals surface area contributed by atoms with Gasteiger partial charge < -0.3 is 15.4 Å². The topological polar surface area (TPSA) is 95.1 Å². The van der Waals surface area contributed by atoms with Gasteiger partial charge in [0.15, 0.2) is 0 Å². The standard InChI is InChI=1S/C15H17N3O3/c1-2-12-17-13(8-14(19)18-12)16-9-11(15(20)21)10-6-4-3-5-7-10/h3-8,11H,2,9H2,1H3,(H,20,21)(H2,16,17,18,19). The number of aliphatic carboxylic acids is 1. The van der Waals surface area contributed by atoms with Crippen molar-refractivity contribution in [3.05, 3.63) is 58.1 Å². The fourth-order valence-corrected chi connectivity index (χ4v) is 2.01. The first-order chi connectivity index (χ1) is 10.1. The number of carbonyl (C=O) groups is 1. The Kier molecular flexibility index (Phi) is 4.71. The van der Waals surface area contributed by atoms with Crippen LogP contribution in [-0.2, 0) is 11.2 Å². The Labute approximate surface area is 121 Å². The molecule has 0 aliphatic rings. The highest BCUT2D eigenvalue weighted by atomic mass is 16.4. The summed E-state index contributed by atoms with van der Waals surface area (Å²) in [7, 11) is 0. The number of nitrogens with one attached hydrogen (secondary N) is 2. The molecule has 21 heavy (non-hydrogen) atoms. The molecule has 1 aromatic carbocycles. The third kappa shape index (κ3) is 3.92. The van der Waals surface area contributed by atoms with Gasteiger partial charge in [-0.15, -0.1) is 0 Å². The Morgan fingerprint density at radius 3 is 2.71 bits per heavy atom. The van der Waals surface area contributed by atoms with E-state index in [1.165, 1.54) is 6.07 Å². The number of nitrogens with zero attached hydrogens (tertiary/aromatic N) is 1. The second kappa shape index (κ2) is 6.69. The first kappa shape index (κ1) is 14.8. The SMILES string of the molecule is CCc1nc(NCC(C(=O)O)c2ccccc2)cc(=O)[nH]1. The zero-order valence-corrected chi connectivity index (χ0v) is 11.7. The third-order valence-corrected chi connectivity index (χ3v) is 3.11. The van der Waals surface area contributed by atoms with E-state index in [1.54, 1.807) is 24.3 Å². The summed E-state index contributed by atoms with van der Waals surface area (Å²) < 4.78 is 0. The van der Waals surface area contributed by atoms with Gasteiger partial charge in [0.2, 0.25) is 0 Å². The monoisotopic (exact) mass is 287 g/mol. The molecule has 0 aliphatic heterocycles. The maximum atomic E-state index is 11.5. The molecule has 0 bridgehead atoms. The average molecular weight is 287 g/mol. The summed E-state index contributed by atoms with van der Waals surface area (Å²) in [5.74, 6) is -0.666. The summed E-state index contributed by atoms with van der Waals surface area (Å²) in [6.45, 7) is 2.05. The Morgan fingerprint density at radius 1 is 1.38 bits per heavy atom. The van der Waals surface area contributed by atoms with Crippen LogP contribution in [-0.4, -0.2) is 27.6 Å². The predicted molar refractivity (Wildman–Crippen MR) is 79.5 cm³/mol. The van der Waals surface area contributed by atoms with Gasteiger partial charge in [-0.2, -0.15) is 0 Å². The number of carboxylic acids is 1. The van der Waals surface area contributed by atoms with Crippen molar-refractivity contribution in [2.24, 2.45) is 0 Å². The minimum Gasteiger partial charge on any atom is -0.481 e. The van der Waals surface area contributed by atoms with Gasteiger partial charge >= 0.3 is 5.97 Å². The Morgan fingerprint density at radius 2 is 2.10 bits per heavy atom. The maximum absolute atomic E-state index is 11.5. The number of aromatic amines is 1. The van der Waals surface area contributed by atoms with E-state index in [9.17, 15) is 14.7 Å². The van der Waals surface area contributed by atoms with Crippen molar-refractivity contribution < 1.29 is 9.90 Å². The van der Waals surface area contributed by atoms with Crippen LogP contribution in [0.4, 0.5) is 5.82 Å². The molecule has 1 heterocycles. The fourth-order valence-electron chi connectivity index (χ4n) is 2.01. The van der Waals surface area contributed by atoms with Crippen LogP contribution < -0.4 is 10.9 Å². The summed E-state index contributed by atoms with van der Waals surface area (Å²) in [6.07, 6.45) is 0.603. The van der Waals surface area contributed by atoms with Gasteiger partial charge in [-0.05, 0) is 5.56 Å². The van der Waals surface area contributed by atoms with Crippen molar-refractivity contribution in [1.82, 2.24) is 9.97 Å². The van der Waals surface area contributed by atoms with Crippen LogP contribution in [0.15, 0.2) is 41.2 Å². The normalized spacial score (nSPS) is 11.9. The van der Waals surface area contributed by atoms with Crippen LogP contribution >= 0.6 is 0 Å². The van der Waals surface area contributed by atoms with Gasteiger partial charge in [-0.1, -0.05) is 37.3 Å². The molecule has 0 radical (unpaired) electrons. The molecule has 1 aromatic heterocycles. The van der Waals surface area contributed by atoms with Crippen LogP contribution in [0.3, 0.4) is 0 Å². The number of hydrogen-bond acceptors (Lipinski definition) is 4. The number of rotatable bonds is 6. The maximum Gasteiger partial charge on any atom is 0.312 e. The number of H-pyrrole nitrogens is 1. The molecule has 0 saturated carbocycles. The summed E-state index contributed by atoms with van der Waals surface area (Å²) in [5, 5.41) is 12.3. The lowest BCUT2D eigenvalue weighted by Crippen LogP contribution is -2.22. The summed E-state index contributed by atoms with van der Waals surface area (Å²) in [5.41, 5.74) is 0.453. The van der Waals surface area contributed by atoms with Crippen molar-refractivity contribution in [3.63, 3.8) is 0 Å². The smallest absolute Gasteiger partial charge is 0.312 e. The van der Waals surface area contributed by atoms with Gasteiger partial charge in [0.1, 0.15) is 11.6 Å². The molecular formula is C15H17N3O3. The zero-order chi connectivity index (χ0) is 15.2. The molecule has 1 unspecified atom stereocenters. The lowest BCUT2D eigenvalue weighted by molar-refractivity contribution is -0.138. The highest BCUT2D eigenvalue weighted by Crippen LogP contribution is 2.16. The third-order valence-electron chi connectivity index (χ3n) is 3.11. The molecule has 0 aliphatic carbocycles. The van der Waals surface area contributed by atoms with Crippen molar-refractivity contribution in [3.8, 4) is 0 Å². The van der Waals surface area contributed by atoms with E-state index in [0.29, 0.717) is 23.6 Å². The van der Waals surface area contributed by atoms with Crippen molar-refractivity contribution in [2.75, 3.05) is 11.9 Å². The van der Waals surface area contributed by atoms with Gasteiger partial charge in [-0.25, -0.2) is 4.98 Å². The molecule has 0 amide bonds. The van der Waals surface area contributed by atoms with Crippen molar-refractivity contribution in [2.45, 2.75) is 19.3 Å². The van der Waals surface area contributed by atoms with Crippen LogP contribution in [0, 0.1) is 0 Å². The highest BCUT2D eigenvalue weighted by molar-refractivity contribution is 5.76. The van der Waals surface area contributed by atoms with E-state index in [1.807, 2.05) is 13.0 Å². The minimum absolute atomic E-state index is 0.166. The molecule has 3 N–H and O–H groups in total. The summed E-state index contributed by atoms with van der Waals surface area (Å²) in [6, 6.07) is 10.3. The van der Waals surface area contributed by atoms with Crippen molar-refractivity contribution >= 4 is 11.8 Å². The average Bonchev–Trinajstić information content (AvgIpc) is 2.47. The Hall–Kier alpha value is -2.63. The van der Waals surface area contributed by atoms with E-state index >= 15 is 0 Å². The fraction of sp³-hybridized carbons (Fsp3) is 0.267. The lowest BCUT2D eigenvalue weighted by atomic mass is 9.99. The van der Waals surface area contributed by atoms with Crippen LogP contribution in [0.25, 0.3) is 0 Å². The number of carboxylic acid groups (broad SMARTS) is 1. The van der Waals surface area contributed by atoms with E-state index < -0.39 is 11.9 Å². The van der Waals surface area contributed by atoms with E-state index in [-0.39, 0.29) is 12.1 Å². The molecule has 0 fully saturated rings. The zero-order valence-electron chi connectivity index (χ0n) is 11.7.